The molecular weight excluding hydrogens is 476 g/mol. The van der Waals surface area contributed by atoms with Crippen molar-refractivity contribution in [3.05, 3.63) is 90.1 Å². The smallest absolute Gasteiger partial charge is 0.338 e. The molecule has 1 atom stereocenters. The fourth-order valence-electron chi connectivity index (χ4n) is 4.02. The van der Waals surface area contributed by atoms with Crippen LogP contribution in [-0.4, -0.2) is 30.9 Å². The number of nitrogens with zero attached hydrogens (tertiary/aromatic N) is 2. The number of esters is 1. The molecule has 8 heteroatoms. The third-order valence-corrected chi connectivity index (χ3v) is 6.69. The average Bonchev–Trinajstić information content (AvgIpc) is 3.17. The van der Waals surface area contributed by atoms with Gasteiger partial charge in [0.15, 0.2) is 16.3 Å². The van der Waals surface area contributed by atoms with Crippen molar-refractivity contribution in [2.75, 3.05) is 20.3 Å². The molecule has 0 saturated heterocycles. The maximum atomic E-state index is 13.7. The van der Waals surface area contributed by atoms with Crippen LogP contribution in [0.1, 0.15) is 36.6 Å². The Kier molecular flexibility index (Phi) is 7.41. The standard InChI is InChI=1S/C28H26N2O5S/c1-6-14-35-21-13-10-19(15-22(21)33-5)16-23-26(31)30-25(20-11-8-17(3)9-12-20)24(27(32)34-7-2)18(4)29-28(30)36-23/h1,8-13,15-16,25H,7,14H2,2-5H3/b23-16+/t25-/m1/s1. The van der Waals surface area contributed by atoms with Crippen molar-refractivity contribution in [3.63, 3.8) is 0 Å². The summed E-state index contributed by atoms with van der Waals surface area (Å²) in [4.78, 5) is 31.8. The number of aryl methyl sites for hydroxylation is 1. The van der Waals surface area contributed by atoms with Crippen molar-refractivity contribution in [2.45, 2.75) is 26.8 Å². The molecule has 2 aromatic carbocycles. The molecule has 0 radical (unpaired) electrons. The molecule has 1 aromatic heterocycles. The van der Waals surface area contributed by atoms with E-state index in [2.05, 4.69) is 10.9 Å². The zero-order valence-electron chi connectivity index (χ0n) is 20.5. The van der Waals surface area contributed by atoms with Crippen LogP contribution < -0.4 is 24.4 Å². The number of methoxy groups -OCH3 is 1. The molecule has 0 aliphatic carbocycles. The van der Waals surface area contributed by atoms with Gasteiger partial charge in [0.05, 0.1) is 35.6 Å². The highest BCUT2D eigenvalue weighted by atomic mass is 32.1. The Bertz CT molecular complexity index is 1560. The first-order chi connectivity index (χ1) is 17.4. The van der Waals surface area contributed by atoms with E-state index in [-0.39, 0.29) is 18.8 Å². The number of allylic oxidation sites excluding steroid dienone is 1. The Morgan fingerprint density at radius 2 is 1.94 bits per heavy atom. The van der Waals surface area contributed by atoms with Crippen LogP contribution >= 0.6 is 11.3 Å². The molecule has 0 amide bonds. The third-order valence-electron chi connectivity index (χ3n) is 5.71. The molecule has 0 fully saturated rings. The van der Waals surface area contributed by atoms with Gasteiger partial charge in [-0.05, 0) is 50.1 Å². The van der Waals surface area contributed by atoms with Gasteiger partial charge >= 0.3 is 5.97 Å². The zero-order valence-corrected chi connectivity index (χ0v) is 21.3. The average molecular weight is 503 g/mol. The summed E-state index contributed by atoms with van der Waals surface area (Å²) in [6.07, 6.45) is 7.05. The Balaban J connectivity index is 1.87. The van der Waals surface area contributed by atoms with Crippen LogP contribution in [-0.2, 0) is 9.53 Å². The second-order valence-corrected chi connectivity index (χ2v) is 9.13. The second kappa shape index (κ2) is 10.7. The monoisotopic (exact) mass is 502 g/mol. The molecule has 0 N–H and O–H groups in total. The zero-order chi connectivity index (χ0) is 25.8. The van der Waals surface area contributed by atoms with Crippen LogP contribution in [0.5, 0.6) is 11.5 Å². The van der Waals surface area contributed by atoms with E-state index >= 15 is 0 Å². The van der Waals surface area contributed by atoms with E-state index in [0.29, 0.717) is 32.1 Å². The van der Waals surface area contributed by atoms with E-state index in [1.165, 1.54) is 18.4 Å². The predicted molar refractivity (Wildman–Crippen MR) is 139 cm³/mol. The van der Waals surface area contributed by atoms with Crippen LogP contribution in [0.15, 0.2) is 63.5 Å². The number of benzene rings is 2. The van der Waals surface area contributed by atoms with Gasteiger partial charge in [-0.15, -0.1) is 6.42 Å². The number of carbonyl (C=O) groups is 1. The van der Waals surface area contributed by atoms with Crippen molar-refractivity contribution in [3.8, 4) is 23.8 Å². The number of aromatic nitrogens is 1. The molecule has 4 rings (SSSR count). The Morgan fingerprint density at radius 3 is 2.61 bits per heavy atom. The van der Waals surface area contributed by atoms with E-state index in [9.17, 15) is 9.59 Å². The summed E-state index contributed by atoms with van der Waals surface area (Å²) in [5, 5.41) is 0. The summed E-state index contributed by atoms with van der Waals surface area (Å²) in [6.45, 7) is 5.85. The summed E-state index contributed by atoms with van der Waals surface area (Å²) < 4.78 is 18.3. The van der Waals surface area contributed by atoms with Gasteiger partial charge in [-0.25, -0.2) is 9.79 Å². The van der Waals surface area contributed by atoms with E-state index in [4.69, 9.17) is 20.6 Å². The van der Waals surface area contributed by atoms with Gasteiger partial charge in [-0.2, -0.15) is 0 Å². The maximum Gasteiger partial charge on any atom is 0.338 e. The highest BCUT2D eigenvalue weighted by Crippen LogP contribution is 2.31. The van der Waals surface area contributed by atoms with E-state index < -0.39 is 12.0 Å². The molecule has 3 aromatic rings. The van der Waals surface area contributed by atoms with Gasteiger partial charge in [0.2, 0.25) is 0 Å². The van der Waals surface area contributed by atoms with Crippen LogP contribution in [0.3, 0.4) is 0 Å². The van der Waals surface area contributed by atoms with E-state index in [0.717, 1.165) is 16.7 Å². The molecule has 2 heterocycles. The summed E-state index contributed by atoms with van der Waals surface area (Å²) >= 11 is 1.26. The molecule has 0 bridgehead atoms. The lowest BCUT2D eigenvalue weighted by molar-refractivity contribution is -0.139. The Labute approximate surface area is 213 Å². The summed E-state index contributed by atoms with van der Waals surface area (Å²) in [6, 6.07) is 12.5. The molecule has 0 saturated carbocycles. The van der Waals surface area contributed by atoms with Crippen molar-refractivity contribution >= 4 is 23.4 Å². The highest BCUT2D eigenvalue weighted by molar-refractivity contribution is 7.07. The van der Waals surface area contributed by atoms with E-state index in [1.54, 1.807) is 36.6 Å². The van der Waals surface area contributed by atoms with Crippen molar-refractivity contribution < 1.29 is 19.0 Å². The van der Waals surface area contributed by atoms with Gasteiger partial charge in [0, 0.05) is 0 Å². The molecule has 0 unspecified atom stereocenters. The third kappa shape index (κ3) is 4.83. The minimum Gasteiger partial charge on any atom is -0.493 e. The van der Waals surface area contributed by atoms with Crippen LogP contribution in [0, 0.1) is 19.3 Å². The lowest BCUT2D eigenvalue weighted by Gasteiger charge is -2.24. The minimum absolute atomic E-state index is 0.121. The lowest BCUT2D eigenvalue weighted by Crippen LogP contribution is -2.39. The van der Waals surface area contributed by atoms with Crippen molar-refractivity contribution in [1.82, 2.24) is 4.57 Å². The number of terminal acetylenes is 1. The molecule has 1 aliphatic rings. The topological polar surface area (TPSA) is 79.1 Å². The van der Waals surface area contributed by atoms with E-state index in [1.807, 2.05) is 37.3 Å². The second-order valence-electron chi connectivity index (χ2n) is 8.12. The quantitative estimate of drug-likeness (QED) is 0.366. The van der Waals surface area contributed by atoms with Crippen LogP contribution in [0.25, 0.3) is 6.08 Å². The number of thiazole rings is 1. The Hall–Kier alpha value is -4.09. The molecule has 7 nitrogen and oxygen atoms in total. The van der Waals surface area contributed by atoms with Gasteiger partial charge in [-0.3, -0.25) is 9.36 Å². The number of hydrogen-bond donors (Lipinski definition) is 0. The Morgan fingerprint density at radius 1 is 1.19 bits per heavy atom. The SMILES string of the molecule is C#CCOc1ccc(/C=c2/sc3n(c2=O)[C@H](c2ccc(C)cc2)C(C(=O)OCC)=C(C)N=3)cc1OC. The first kappa shape index (κ1) is 25.0. The largest absolute Gasteiger partial charge is 0.493 e. The van der Waals surface area contributed by atoms with Gasteiger partial charge in [0.1, 0.15) is 6.61 Å². The summed E-state index contributed by atoms with van der Waals surface area (Å²) in [5.41, 5.74) is 3.28. The summed E-state index contributed by atoms with van der Waals surface area (Å²) in [5.74, 6) is 2.97. The van der Waals surface area contributed by atoms with Crippen molar-refractivity contribution in [2.24, 2.45) is 4.99 Å². The van der Waals surface area contributed by atoms with Crippen molar-refractivity contribution in [1.29, 1.82) is 0 Å². The van der Waals surface area contributed by atoms with Gasteiger partial charge < -0.3 is 14.2 Å². The molecular formula is C28H26N2O5S. The summed E-state index contributed by atoms with van der Waals surface area (Å²) in [7, 11) is 1.54. The number of hydrogen-bond acceptors (Lipinski definition) is 7. The van der Waals surface area contributed by atoms with Gasteiger partial charge in [0.25, 0.3) is 5.56 Å². The minimum atomic E-state index is -0.642. The number of rotatable bonds is 7. The highest BCUT2D eigenvalue weighted by Gasteiger charge is 2.33. The molecule has 184 valence electrons. The first-order valence-electron chi connectivity index (χ1n) is 11.4. The first-order valence-corrected chi connectivity index (χ1v) is 12.2. The molecule has 0 spiro atoms. The normalized spacial score (nSPS) is 15.1. The maximum absolute atomic E-state index is 13.7. The predicted octanol–water partition coefficient (Wildman–Crippen LogP) is 3.13. The van der Waals surface area contributed by atoms with Crippen LogP contribution in [0.2, 0.25) is 0 Å². The number of ether oxygens (including phenoxy) is 3. The lowest BCUT2D eigenvalue weighted by atomic mass is 9.95. The van der Waals surface area contributed by atoms with Crippen LogP contribution in [0.4, 0.5) is 0 Å². The fourth-order valence-corrected chi connectivity index (χ4v) is 5.07. The molecule has 1 aliphatic heterocycles. The fraction of sp³-hybridized carbons (Fsp3) is 0.250. The van der Waals surface area contributed by atoms with Gasteiger partial charge in [-0.1, -0.05) is 53.2 Å². The molecule has 36 heavy (non-hydrogen) atoms. The number of fused-ring (bicyclic) bond motifs is 1. The number of carbonyl (C=O) groups excluding carboxylic acids is 1.